The van der Waals surface area contributed by atoms with Gasteiger partial charge in [-0.3, -0.25) is 0 Å². The first kappa shape index (κ1) is 20.9. The maximum absolute atomic E-state index is 12.2. The lowest BCUT2D eigenvalue weighted by atomic mass is 9.95. The Labute approximate surface area is 170 Å². The third-order valence-electron chi connectivity index (χ3n) is 5.61. The number of rotatable bonds is 5. The Balaban J connectivity index is 1.49. The molecule has 1 saturated heterocycles. The molecule has 0 spiro atoms. The lowest BCUT2D eigenvalue weighted by Gasteiger charge is -2.34. The van der Waals surface area contributed by atoms with E-state index in [1.54, 1.807) is 5.57 Å². The molecule has 0 bridgehead atoms. The summed E-state index contributed by atoms with van der Waals surface area (Å²) in [5.74, 6) is 1.20. The zero-order valence-corrected chi connectivity index (χ0v) is 18.1. The van der Waals surface area contributed by atoms with Crippen LogP contribution in [0.25, 0.3) is 6.08 Å². The first-order valence-corrected chi connectivity index (χ1v) is 10.7. The van der Waals surface area contributed by atoms with E-state index in [0.717, 1.165) is 25.9 Å². The van der Waals surface area contributed by atoms with Crippen molar-refractivity contribution in [2.75, 3.05) is 13.1 Å². The molecule has 4 nitrogen and oxygen atoms in total. The van der Waals surface area contributed by atoms with Crippen LogP contribution in [-0.4, -0.2) is 41.8 Å². The molecule has 1 aliphatic heterocycles. The van der Waals surface area contributed by atoms with Crippen LogP contribution >= 0.6 is 0 Å². The minimum Gasteiger partial charge on any atom is -0.444 e. The average Bonchev–Trinajstić information content (AvgIpc) is 3.38. The summed E-state index contributed by atoms with van der Waals surface area (Å²) in [5.41, 5.74) is 2.42. The van der Waals surface area contributed by atoms with E-state index in [-0.39, 0.29) is 6.09 Å². The molecule has 2 atom stereocenters. The van der Waals surface area contributed by atoms with E-state index in [4.69, 9.17) is 4.74 Å². The van der Waals surface area contributed by atoms with Crippen LogP contribution in [0.15, 0.2) is 35.9 Å². The monoisotopic (exact) mass is 384 g/mol. The second-order valence-electron chi connectivity index (χ2n) is 9.57. The molecule has 2 fully saturated rings. The molecular weight excluding hydrogens is 348 g/mol. The highest BCUT2D eigenvalue weighted by Crippen LogP contribution is 2.42. The van der Waals surface area contributed by atoms with Crippen LogP contribution in [-0.2, 0) is 4.74 Å². The lowest BCUT2D eigenvalue weighted by Crippen LogP contribution is -2.47. The van der Waals surface area contributed by atoms with Gasteiger partial charge >= 0.3 is 6.09 Å². The Morgan fingerprint density at radius 1 is 1.18 bits per heavy atom. The normalized spacial score (nSPS) is 23.8. The van der Waals surface area contributed by atoms with Crippen molar-refractivity contribution in [3.8, 4) is 0 Å². The Morgan fingerprint density at radius 3 is 2.39 bits per heavy atom. The van der Waals surface area contributed by atoms with E-state index >= 15 is 0 Å². The van der Waals surface area contributed by atoms with Crippen LogP contribution < -0.4 is 5.32 Å². The van der Waals surface area contributed by atoms with Gasteiger partial charge in [0.05, 0.1) is 0 Å². The van der Waals surface area contributed by atoms with Gasteiger partial charge in [0.25, 0.3) is 0 Å². The van der Waals surface area contributed by atoms with Crippen molar-refractivity contribution in [2.24, 2.45) is 11.8 Å². The molecule has 1 amide bonds. The molecule has 1 N–H and O–H groups in total. The minimum atomic E-state index is -0.425. The Morgan fingerprint density at radius 2 is 1.82 bits per heavy atom. The highest BCUT2D eigenvalue weighted by Gasteiger charge is 2.42. The molecule has 154 valence electrons. The summed E-state index contributed by atoms with van der Waals surface area (Å²) < 4.78 is 5.50. The second-order valence-corrected chi connectivity index (χ2v) is 9.57. The third-order valence-corrected chi connectivity index (χ3v) is 5.61. The quantitative estimate of drug-likeness (QED) is 0.767. The molecule has 1 aromatic rings. The topological polar surface area (TPSA) is 41.6 Å². The van der Waals surface area contributed by atoms with E-state index in [2.05, 4.69) is 55.6 Å². The molecule has 1 saturated carbocycles. The summed E-state index contributed by atoms with van der Waals surface area (Å²) in [7, 11) is 0. The Kier molecular flexibility index (Phi) is 6.49. The molecule has 0 unspecified atom stereocenters. The molecule has 1 aliphatic carbocycles. The van der Waals surface area contributed by atoms with Gasteiger partial charge in [-0.25, -0.2) is 4.79 Å². The maximum atomic E-state index is 12.2. The predicted molar refractivity (Wildman–Crippen MR) is 115 cm³/mol. The molecule has 4 heteroatoms. The summed E-state index contributed by atoms with van der Waals surface area (Å²) >= 11 is 0. The second kappa shape index (κ2) is 8.69. The van der Waals surface area contributed by atoms with Crippen molar-refractivity contribution in [1.29, 1.82) is 0 Å². The minimum absolute atomic E-state index is 0.178. The summed E-state index contributed by atoms with van der Waals surface area (Å²) in [4.78, 5) is 14.1. The fourth-order valence-corrected chi connectivity index (χ4v) is 4.05. The third kappa shape index (κ3) is 5.84. The number of benzene rings is 1. The number of likely N-dealkylation sites (tertiary alicyclic amines) is 1. The van der Waals surface area contributed by atoms with Crippen LogP contribution in [0.5, 0.6) is 0 Å². The van der Waals surface area contributed by atoms with Crippen LogP contribution in [0.1, 0.15) is 59.4 Å². The van der Waals surface area contributed by atoms with Crippen molar-refractivity contribution < 1.29 is 9.53 Å². The van der Waals surface area contributed by atoms with Crippen LogP contribution in [0, 0.1) is 11.8 Å². The molecule has 0 radical (unpaired) electrons. The fraction of sp³-hybridized carbons (Fsp3) is 0.625. The van der Waals surface area contributed by atoms with E-state index in [0.29, 0.717) is 23.9 Å². The fourth-order valence-electron chi connectivity index (χ4n) is 4.05. The van der Waals surface area contributed by atoms with Crippen molar-refractivity contribution in [3.05, 3.63) is 41.5 Å². The van der Waals surface area contributed by atoms with E-state index in [1.165, 1.54) is 12.0 Å². The summed E-state index contributed by atoms with van der Waals surface area (Å²) in [6.45, 7) is 11.9. The molecule has 3 rings (SSSR count). The predicted octanol–water partition coefficient (Wildman–Crippen LogP) is 5.10. The van der Waals surface area contributed by atoms with Crippen LogP contribution in [0.4, 0.5) is 4.79 Å². The van der Waals surface area contributed by atoms with Crippen molar-refractivity contribution in [3.63, 3.8) is 0 Å². The van der Waals surface area contributed by atoms with Gasteiger partial charge in [-0.2, -0.15) is 0 Å². The first-order valence-electron chi connectivity index (χ1n) is 10.7. The van der Waals surface area contributed by atoms with E-state index in [1.807, 2.05) is 25.7 Å². The number of nitrogens with one attached hydrogen (secondary N) is 1. The number of piperidine rings is 1. The van der Waals surface area contributed by atoms with Gasteiger partial charge in [0.2, 0.25) is 0 Å². The zero-order valence-electron chi connectivity index (χ0n) is 18.1. The summed E-state index contributed by atoms with van der Waals surface area (Å²) in [5, 5.41) is 3.85. The van der Waals surface area contributed by atoms with Crippen LogP contribution in [0.2, 0.25) is 0 Å². The number of hydrogen-bond acceptors (Lipinski definition) is 3. The van der Waals surface area contributed by atoms with Gasteiger partial charge < -0.3 is 15.0 Å². The summed E-state index contributed by atoms with van der Waals surface area (Å²) in [6, 6.07) is 11.7. The number of hydrogen-bond donors (Lipinski definition) is 1. The average molecular weight is 385 g/mol. The van der Waals surface area contributed by atoms with Gasteiger partial charge in [0.15, 0.2) is 0 Å². The molecule has 0 aromatic heterocycles. The number of amides is 1. The highest BCUT2D eigenvalue weighted by molar-refractivity contribution is 5.68. The van der Waals surface area contributed by atoms with Gasteiger partial charge in [-0.05, 0) is 57.4 Å². The first-order chi connectivity index (χ1) is 13.2. The number of carbonyl (C=O) groups excluding carboxylic acids is 1. The van der Waals surface area contributed by atoms with Crippen molar-refractivity contribution in [2.45, 2.75) is 71.6 Å². The zero-order chi connectivity index (χ0) is 20.3. The number of ether oxygens (including phenoxy) is 1. The number of nitrogens with zero attached hydrogens (tertiary/aromatic N) is 1. The molecule has 1 heterocycles. The van der Waals surface area contributed by atoms with Crippen molar-refractivity contribution in [1.82, 2.24) is 10.2 Å². The van der Waals surface area contributed by atoms with Gasteiger partial charge in [-0.15, -0.1) is 0 Å². The largest absolute Gasteiger partial charge is 0.444 e. The molecule has 1 aromatic carbocycles. The van der Waals surface area contributed by atoms with Crippen LogP contribution in [0.3, 0.4) is 0 Å². The smallest absolute Gasteiger partial charge is 0.410 e. The van der Waals surface area contributed by atoms with Gasteiger partial charge in [0, 0.05) is 25.2 Å². The van der Waals surface area contributed by atoms with Gasteiger partial charge in [-0.1, -0.05) is 55.8 Å². The maximum Gasteiger partial charge on any atom is 0.410 e. The highest BCUT2D eigenvalue weighted by atomic mass is 16.6. The molecular formula is C24H36N2O2. The Hall–Kier alpha value is -1.81. The van der Waals surface area contributed by atoms with E-state index < -0.39 is 5.60 Å². The van der Waals surface area contributed by atoms with Gasteiger partial charge in [0.1, 0.15) is 5.60 Å². The summed E-state index contributed by atoms with van der Waals surface area (Å²) in [6.07, 6.45) is 5.43. The Bertz CT molecular complexity index is 682. The van der Waals surface area contributed by atoms with Crippen molar-refractivity contribution >= 4 is 12.2 Å². The molecule has 28 heavy (non-hydrogen) atoms. The lowest BCUT2D eigenvalue weighted by molar-refractivity contribution is 0.0198. The SMILES string of the molecule is CC(C)C(=Cc1ccccc1)[C@@H]1C[C@H]1NC1CCN(C(=O)OC(C)(C)C)CC1. The standard InChI is InChI=1S/C24H36N2O2/c1-17(2)20(15-18-9-7-6-8-10-18)21-16-22(21)25-19-11-13-26(14-12-19)23(27)28-24(3,4)5/h6-10,15,17,19,21-22,25H,11-14,16H2,1-5H3/t21-,22+/m0/s1. The molecule has 2 aliphatic rings. The van der Waals surface area contributed by atoms with E-state index in [9.17, 15) is 4.79 Å². The number of carbonyl (C=O) groups is 1.